The zero-order valence-electron chi connectivity index (χ0n) is 9.44. The third kappa shape index (κ3) is 2.08. The second kappa shape index (κ2) is 4.77. The van der Waals surface area contributed by atoms with Crippen LogP contribution in [0.15, 0.2) is 0 Å². The lowest BCUT2D eigenvalue weighted by molar-refractivity contribution is -0.400. The fourth-order valence-corrected chi connectivity index (χ4v) is 2.44. The van der Waals surface area contributed by atoms with Crippen LogP contribution in [0.4, 0.5) is 0 Å². The van der Waals surface area contributed by atoms with Gasteiger partial charge in [0.05, 0.1) is 6.61 Å². The summed E-state index contributed by atoms with van der Waals surface area (Å²) in [6.45, 7) is 0.532. The zero-order valence-corrected chi connectivity index (χ0v) is 9.44. The lowest BCUT2D eigenvalue weighted by atomic mass is 9.96. The first kappa shape index (κ1) is 13.2. The molecule has 5 atom stereocenters. The van der Waals surface area contributed by atoms with Gasteiger partial charge in [-0.05, 0) is 12.8 Å². The predicted octanol–water partition coefficient (Wildman–Crippen LogP) is -2.80. The van der Waals surface area contributed by atoms with Crippen LogP contribution in [0, 0.1) is 0 Å². The van der Waals surface area contributed by atoms with Gasteiger partial charge in [0.25, 0.3) is 5.91 Å². The molecule has 7 nitrogen and oxygen atoms in total. The monoisotopic (exact) mass is 249 g/mol. The van der Waals surface area contributed by atoms with E-state index in [0.29, 0.717) is 13.1 Å². The highest BCUT2D eigenvalue weighted by Crippen LogP contribution is 2.33. The average Bonchev–Trinajstić information content (AvgIpc) is 2.85. The highest BCUT2D eigenvalue weighted by atomic mass is 16.7. The van der Waals surface area contributed by atoms with Gasteiger partial charge in [0.15, 0.2) is 6.10 Å². The highest BCUT2D eigenvalue weighted by molar-refractivity contribution is 4.96. The molecule has 0 aromatic carbocycles. The van der Waals surface area contributed by atoms with Crippen LogP contribution < -0.4 is 0 Å². The van der Waals surface area contributed by atoms with Crippen molar-refractivity contribution in [2.45, 2.75) is 43.2 Å². The minimum absolute atomic E-state index is 0.536. The number of hydrogen-bond acceptors (Lipinski definition) is 7. The summed E-state index contributed by atoms with van der Waals surface area (Å²) in [6, 6.07) is 0. The summed E-state index contributed by atoms with van der Waals surface area (Å²) in [5.41, 5.74) is 0. The Balaban J connectivity index is 2.20. The van der Waals surface area contributed by atoms with Gasteiger partial charge in [0.1, 0.15) is 18.3 Å². The summed E-state index contributed by atoms with van der Waals surface area (Å²) in [5.74, 6) is -2.04. The Labute approximate surface area is 98.9 Å². The first-order valence-corrected chi connectivity index (χ1v) is 5.81. The maximum Gasteiger partial charge on any atom is 0.258 e. The lowest BCUT2D eigenvalue weighted by Gasteiger charge is -2.49. The largest absolute Gasteiger partial charge is 0.394 e. The van der Waals surface area contributed by atoms with Gasteiger partial charge >= 0.3 is 0 Å². The number of hydrogen-bond donors (Lipinski definition) is 5. The molecular weight excluding hydrogens is 230 g/mol. The van der Waals surface area contributed by atoms with Gasteiger partial charge in [-0.3, -0.25) is 4.90 Å². The summed E-state index contributed by atoms with van der Waals surface area (Å²) in [7, 11) is 0. The lowest BCUT2D eigenvalue weighted by Crippen LogP contribution is -2.70. The van der Waals surface area contributed by atoms with E-state index in [4.69, 9.17) is 9.84 Å². The Morgan fingerprint density at radius 3 is 2.24 bits per heavy atom. The van der Waals surface area contributed by atoms with Crippen molar-refractivity contribution in [1.82, 2.24) is 4.90 Å². The van der Waals surface area contributed by atoms with E-state index in [9.17, 15) is 20.4 Å². The van der Waals surface area contributed by atoms with E-state index in [2.05, 4.69) is 0 Å². The van der Waals surface area contributed by atoms with Gasteiger partial charge in [-0.25, -0.2) is 0 Å². The van der Waals surface area contributed by atoms with Crippen molar-refractivity contribution in [3.63, 3.8) is 0 Å². The van der Waals surface area contributed by atoms with E-state index in [0.717, 1.165) is 12.8 Å². The minimum atomic E-state index is -2.04. The van der Waals surface area contributed by atoms with Crippen molar-refractivity contribution >= 4 is 0 Å². The number of nitrogens with zero attached hydrogens (tertiary/aromatic N) is 1. The fraction of sp³-hybridized carbons (Fsp3) is 1.00. The van der Waals surface area contributed by atoms with Crippen LogP contribution in [0.1, 0.15) is 12.8 Å². The van der Waals surface area contributed by atoms with Crippen molar-refractivity contribution < 1.29 is 30.3 Å². The Morgan fingerprint density at radius 2 is 1.71 bits per heavy atom. The van der Waals surface area contributed by atoms with Crippen LogP contribution >= 0.6 is 0 Å². The molecule has 2 fully saturated rings. The normalized spacial score (nSPS) is 48.5. The van der Waals surface area contributed by atoms with Crippen LogP contribution in [0.5, 0.6) is 0 Å². The molecular formula is C10H19NO6. The molecule has 2 rings (SSSR count). The van der Waals surface area contributed by atoms with Crippen molar-refractivity contribution in [1.29, 1.82) is 0 Å². The number of rotatable bonds is 2. The van der Waals surface area contributed by atoms with Crippen molar-refractivity contribution in [3.8, 4) is 0 Å². The van der Waals surface area contributed by atoms with E-state index < -0.39 is 36.9 Å². The molecule has 2 saturated heterocycles. The number of aliphatic hydroxyl groups excluding tert-OH is 4. The average molecular weight is 249 g/mol. The molecule has 0 bridgehead atoms. The fourth-order valence-electron chi connectivity index (χ4n) is 2.44. The summed E-state index contributed by atoms with van der Waals surface area (Å²) in [6.07, 6.45) is -3.98. The molecule has 0 aromatic heterocycles. The molecule has 0 radical (unpaired) electrons. The van der Waals surface area contributed by atoms with E-state index in [1.54, 1.807) is 0 Å². The number of likely N-dealkylation sites (tertiary alicyclic amines) is 1. The van der Waals surface area contributed by atoms with Gasteiger partial charge in [0, 0.05) is 13.1 Å². The second-order valence-corrected chi connectivity index (χ2v) is 4.62. The Kier molecular flexibility index (Phi) is 3.69. The van der Waals surface area contributed by atoms with Crippen LogP contribution in [-0.4, -0.2) is 80.5 Å². The van der Waals surface area contributed by atoms with Crippen molar-refractivity contribution in [2.24, 2.45) is 0 Å². The molecule has 5 N–H and O–H groups in total. The topological polar surface area (TPSA) is 114 Å². The van der Waals surface area contributed by atoms with Crippen molar-refractivity contribution in [2.75, 3.05) is 19.7 Å². The number of aliphatic hydroxyl groups is 5. The molecule has 0 saturated carbocycles. The molecule has 7 heteroatoms. The van der Waals surface area contributed by atoms with Crippen LogP contribution in [0.25, 0.3) is 0 Å². The molecule has 2 aliphatic rings. The SMILES string of the molecule is OCC1OC(O)(N2CCCC2)C(O)C(O)C1O. The third-order valence-corrected chi connectivity index (χ3v) is 3.50. The molecule has 2 heterocycles. The summed E-state index contributed by atoms with van der Waals surface area (Å²) < 4.78 is 5.17. The molecule has 5 unspecified atom stereocenters. The molecule has 0 aliphatic carbocycles. The Hall–Kier alpha value is -0.280. The van der Waals surface area contributed by atoms with E-state index >= 15 is 0 Å². The smallest absolute Gasteiger partial charge is 0.258 e. The van der Waals surface area contributed by atoms with Gasteiger partial charge in [-0.1, -0.05) is 0 Å². The van der Waals surface area contributed by atoms with Crippen LogP contribution in [0.2, 0.25) is 0 Å². The Morgan fingerprint density at radius 1 is 1.12 bits per heavy atom. The molecule has 17 heavy (non-hydrogen) atoms. The minimum Gasteiger partial charge on any atom is -0.394 e. The second-order valence-electron chi connectivity index (χ2n) is 4.62. The van der Waals surface area contributed by atoms with Gasteiger partial charge in [0.2, 0.25) is 0 Å². The highest BCUT2D eigenvalue weighted by Gasteiger charge is 2.56. The van der Waals surface area contributed by atoms with Crippen LogP contribution in [-0.2, 0) is 4.74 Å². The summed E-state index contributed by atoms with van der Waals surface area (Å²) in [4.78, 5) is 1.51. The Bertz CT molecular complexity index is 270. The summed E-state index contributed by atoms with van der Waals surface area (Å²) >= 11 is 0. The standard InChI is InChI=1S/C10H19NO6/c12-5-6-7(13)8(14)9(15)10(16,17-6)11-3-1-2-4-11/h6-9,12-16H,1-5H2. The molecule has 0 amide bonds. The number of ether oxygens (including phenoxy) is 1. The first-order valence-electron chi connectivity index (χ1n) is 5.81. The molecule has 0 spiro atoms. The molecule has 2 aliphatic heterocycles. The maximum absolute atomic E-state index is 10.3. The van der Waals surface area contributed by atoms with Crippen LogP contribution in [0.3, 0.4) is 0 Å². The van der Waals surface area contributed by atoms with Gasteiger partial charge < -0.3 is 30.3 Å². The van der Waals surface area contributed by atoms with Gasteiger partial charge in [-0.2, -0.15) is 0 Å². The third-order valence-electron chi connectivity index (χ3n) is 3.50. The predicted molar refractivity (Wildman–Crippen MR) is 55.7 cm³/mol. The first-order chi connectivity index (χ1) is 8.00. The quantitative estimate of drug-likeness (QED) is 0.359. The van der Waals surface area contributed by atoms with E-state index in [1.807, 2.05) is 0 Å². The maximum atomic E-state index is 10.3. The molecule has 0 aromatic rings. The zero-order chi connectivity index (χ0) is 12.6. The van der Waals surface area contributed by atoms with E-state index in [1.165, 1.54) is 4.90 Å². The van der Waals surface area contributed by atoms with E-state index in [-0.39, 0.29) is 0 Å². The van der Waals surface area contributed by atoms with Gasteiger partial charge in [-0.15, -0.1) is 0 Å². The van der Waals surface area contributed by atoms with Crippen molar-refractivity contribution in [3.05, 3.63) is 0 Å². The molecule has 100 valence electrons. The summed E-state index contributed by atoms with van der Waals surface area (Å²) in [5, 5.41) is 48.4.